The number of amides is 1. The predicted octanol–water partition coefficient (Wildman–Crippen LogP) is 2.88. The van der Waals surface area contributed by atoms with Gasteiger partial charge in [0.1, 0.15) is 5.82 Å². The fourth-order valence-corrected chi connectivity index (χ4v) is 2.85. The minimum absolute atomic E-state index is 0.0925. The Morgan fingerprint density at radius 1 is 1.19 bits per heavy atom. The van der Waals surface area contributed by atoms with Gasteiger partial charge in [0.05, 0.1) is 0 Å². The summed E-state index contributed by atoms with van der Waals surface area (Å²) in [4.78, 5) is 14.4. The Bertz CT molecular complexity index is 667. The van der Waals surface area contributed by atoms with Crippen LogP contribution in [0.5, 0.6) is 0 Å². The van der Waals surface area contributed by atoms with E-state index in [1.165, 1.54) is 24.3 Å². The van der Waals surface area contributed by atoms with E-state index in [0.717, 1.165) is 29.7 Å². The predicted molar refractivity (Wildman–Crippen MR) is 80.7 cm³/mol. The van der Waals surface area contributed by atoms with Crippen molar-refractivity contribution in [3.63, 3.8) is 0 Å². The molecule has 0 unspecified atom stereocenters. The van der Waals surface area contributed by atoms with Crippen LogP contribution in [0, 0.1) is 5.82 Å². The standard InChI is InChI=1S/C17H17FN2O/c18-14-8-6-12(7-9-14)17(21)20-10-2-4-15-13(11-19)3-1-5-16(15)20/h1,3,5-9H,2,4,10-11,19H2. The molecule has 0 radical (unpaired) electrons. The van der Waals surface area contributed by atoms with Crippen LogP contribution in [0.4, 0.5) is 10.1 Å². The maximum atomic E-state index is 13.0. The number of carbonyl (C=O) groups excluding carboxylic acids is 1. The lowest BCUT2D eigenvalue weighted by molar-refractivity contribution is 0.0985. The minimum Gasteiger partial charge on any atom is -0.326 e. The van der Waals surface area contributed by atoms with Gasteiger partial charge in [-0.3, -0.25) is 4.79 Å². The van der Waals surface area contributed by atoms with Crippen LogP contribution in [-0.2, 0) is 13.0 Å². The molecule has 3 nitrogen and oxygen atoms in total. The van der Waals surface area contributed by atoms with Crippen LogP contribution in [0.25, 0.3) is 0 Å². The molecule has 1 amide bonds. The molecule has 2 aromatic rings. The third-order valence-electron chi connectivity index (χ3n) is 3.90. The van der Waals surface area contributed by atoms with Crippen molar-refractivity contribution < 1.29 is 9.18 Å². The molecule has 4 heteroatoms. The van der Waals surface area contributed by atoms with Gasteiger partial charge in [-0.15, -0.1) is 0 Å². The minimum atomic E-state index is -0.337. The van der Waals surface area contributed by atoms with Crippen LogP contribution < -0.4 is 10.6 Å². The first-order chi connectivity index (χ1) is 10.2. The highest BCUT2D eigenvalue weighted by Gasteiger charge is 2.24. The lowest BCUT2D eigenvalue weighted by Gasteiger charge is -2.31. The number of nitrogens with two attached hydrogens (primary N) is 1. The van der Waals surface area contributed by atoms with Crippen molar-refractivity contribution in [3.8, 4) is 0 Å². The van der Waals surface area contributed by atoms with Crippen molar-refractivity contribution in [2.75, 3.05) is 11.4 Å². The van der Waals surface area contributed by atoms with Crippen molar-refractivity contribution in [1.82, 2.24) is 0 Å². The summed E-state index contributed by atoms with van der Waals surface area (Å²) in [6, 6.07) is 11.6. The Hall–Kier alpha value is -2.20. The van der Waals surface area contributed by atoms with Gasteiger partial charge in [0.25, 0.3) is 5.91 Å². The van der Waals surface area contributed by atoms with Gasteiger partial charge in [0.2, 0.25) is 0 Å². The maximum Gasteiger partial charge on any atom is 0.258 e. The van der Waals surface area contributed by atoms with Gasteiger partial charge in [-0.05, 0) is 54.3 Å². The molecule has 0 atom stereocenters. The Labute approximate surface area is 123 Å². The van der Waals surface area contributed by atoms with Crippen LogP contribution in [-0.4, -0.2) is 12.5 Å². The van der Waals surface area contributed by atoms with Crippen molar-refractivity contribution in [2.45, 2.75) is 19.4 Å². The molecule has 108 valence electrons. The fourth-order valence-electron chi connectivity index (χ4n) is 2.85. The summed E-state index contributed by atoms with van der Waals surface area (Å²) in [7, 11) is 0. The SMILES string of the molecule is NCc1cccc2c1CCCN2C(=O)c1ccc(F)cc1. The molecule has 0 spiro atoms. The molecule has 0 aliphatic carbocycles. The van der Waals surface area contributed by atoms with Crippen LogP contribution in [0.1, 0.15) is 27.9 Å². The number of benzene rings is 2. The zero-order chi connectivity index (χ0) is 14.8. The highest BCUT2D eigenvalue weighted by Crippen LogP contribution is 2.30. The molecule has 0 bridgehead atoms. The van der Waals surface area contributed by atoms with Crippen LogP contribution in [0.3, 0.4) is 0 Å². The number of rotatable bonds is 2. The Morgan fingerprint density at radius 2 is 1.95 bits per heavy atom. The number of nitrogens with zero attached hydrogens (tertiary/aromatic N) is 1. The summed E-state index contributed by atoms with van der Waals surface area (Å²) in [5, 5.41) is 0. The molecule has 1 aliphatic heterocycles. The Balaban J connectivity index is 1.98. The first-order valence-corrected chi connectivity index (χ1v) is 7.09. The monoisotopic (exact) mass is 284 g/mol. The van der Waals surface area contributed by atoms with Gasteiger partial charge < -0.3 is 10.6 Å². The first-order valence-electron chi connectivity index (χ1n) is 7.09. The van der Waals surface area contributed by atoms with E-state index < -0.39 is 0 Å². The summed E-state index contributed by atoms with van der Waals surface area (Å²) in [5.41, 5.74) is 9.45. The quantitative estimate of drug-likeness (QED) is 0.921. The summed E-state index contributed by atoms with van der Waals surface area (Å²) >= 11 is 0. The normalized spacial score (nSPS) is 13.9. The van der Waals surface area contributed by atoms with E-state index in [2.05, 4.69) is 0 Å². The molecule has 2 aromatic carbocycles. The van der Waals surface area contributed by atoms with Gasteiger partial charge in [-0.2, -0.15) is 0 Å². The summed E-state index contributed by atoms with van der Waals surface area (Å²) in [6.45, 7) is 1.15. The van der Waals surface area contributed by atoms with E-state index in [1.54, 1.807) is 4.90 Å². The lowest BCUT2D eigenvalue weighted by atomic mass is 9.95. The van der Waals surface area contributed by atoms with Crippen molar-refractivity contribution in [1.29, 1.82) is 0 Å². The highest BCUT2D eigenvalue weighted by atomic mass is 19.1. The third-order valence-corrected chi connectivity index (χ3v) is 3.90. The number of anilines is 1. The van der Waals surface area contributed by atoms with Gasteiger partial charge in [-0.25, -0.2) is 4.39 Å². The smallest absolute Gasteiger partial charge is 0.258 e. The molecular weight excluding hydrogens is 267 g/mol. The van der Waals surface area contributed by atoms with E-state index in [9.17, 15) is 9.18 Å². The second-order valence-corrected chi connectivity index (χ2v) is 5.19. The largest absolute Gasteiger partial charge is 0.326 e. The average Bonchev–Trinajstić information content (AvgIpc) is 2.53. The Morgan fingerprint density at radius 3 is 2.67 bits per heavy atom. The Kier molecular flexibility index (Phi) is 3.71. The number of carbonyl (C=O) groups is 1. The van der Waals surface area contributed by atoms with E-state index in [-0.39, 0.29) is 11.7 Å². The van der Waals surface area contributed by atoms with E-state index in [4.69, 9.17) is 5.73 Å². The van der Waals surface area contributed by atoms with Gasteiger partial charge in [-0.1, -0.05) is 12.1 Å². The first kappa shape index (κ1) is 13.8. The number of hydrogen-bond donors (Lipinski definition) is 1. The van der Waals surface area contributed by atoms with Gasteiger partial charge >= 0.3 is 0 Å². The number of hydrogen-bond acceptors (Lipinski definition) is 2. The molecule has 0 saturated heterocycles. The van der Waals surface area contributed by atoms with Crippen molar-refractivity contribution >= 4 is 11.6 Å². The van der Waals surface area contributed by atoms with Gasteiger partial charge in [0, 0.05) is 24.3 Å². The van der Waals surface area contributed by atoms with E-state index in [0.29, 0.717) is 18.7 Å². The van der Waals surface area contributed by atoms with Crippen LogP contribution >= 0.6 is 0 Å². The zero-order valence-electron chi connectivity index (χ0n) is 11.7. The third kappa shape index (κ3) is 2.54. The van der Waals surface area contributed by atoms with Crippen LogP contribution in [0.15, 0.2) is 42.5 Å². The van der Waals surface area contributed by atoms with Crippen molar-refractivity contribution in [2.24, 2.45) is 5.73 Å². The summed E-state index contributed by atoms with van der Waals surface area (Å²) in [6.07, 6.45) is 1.85. The molecule has 1 heterocycles. The van der Waals surface area contributed by atoms with E-state index >= 15 is 0 Å². The number of fused-ring (bicyclic) bond motifs is 1. The molecule has 21 heavy (non-hydrogen) atoms. The molecule has 1 aliphatic rings. The summed E-state index contributed by atoms with van der Waals surface area (Å²) < 4.78 is 13.0. The molecule has 2 N–H and O–H groups in total. The van der Waals surface area contributed by atoms with E-state index in [1.807, 2.05) is 18.2 Å². The van der Waals surface area contributed by atoms with Crippen molar-refractivity contribution in [3.05, 3.63) is 65.0 Å². The number of halogens is 1. The van der Waals surface area contributed by atoms with Gasteiger partial charge in [0.15, 0.2) is 0 Å². The summed E-state index contributed by atoms with van der Waals surface area (Å²) in [5.74, 6) is -0.430. The topological polar surface area (TPSA) is 46.3 Å². The fraction of sp³-hybridized carbons (Fsp3) is 0.235. The zero-order valence-corrected chi connectivity index (χ0v) is 11.7. The second kappa shape index (κ2) is 5.66. The molecule has 3 rings (SSSR count). The average molecular weight is 284 g/mol. The molecular formula is C17H17FN2O. The second-order valence-electron chi connectivity index (χ2n) is 5.19. The highest BCUT2D eigenvalue weighted by molar-refractivity contribution is 6.06. The van der Waals surface area contributed by atoms with Crippen LogP contribution in [0.2, 0.25) is 0 Å². The maximum absolute atomic E-state index is 13.0. The molecule has 0 saturated carbocycles. The molecule has 0 fully saturated rings. The molecule has 0 aromatic heterocycles. The lowest BCUT2D eigenvalue weighted by Crippen LogP contribution is -2.36.